The molecule has 1 unspecified atom stereocenters. The molecule has 110 valence electrons. The monoisotopic (exact) mass is 282 g/mol. The van der Waals surface area contributed by atoms with Crippen LogP contribution in [0, 0.1) is 6.92 Å². The van der Waals surface area contributed by atoms with Crippen LogP contribution in [0.2, 0.25) is 0 Å². The van der Waals surface area contributed by atoms with Crippen LogP contribution in [-0.4, -0.2) is 12.5 Å². The molecule has 3 heteroatoms. The summed E-state index contributed by atoms with van der Waals surface area (Å²) in [6.45, 7) is 4.40. The van der Waals surface area contributed by atoms with Crippen LogP contribution in [0.4, 0.5) is 5.69 Å². The number of benzene rings is 2. The van der Waals surface area contributed by atoms with Gasteiger partial charge in [-0.05, 0) is 36.6 Å². The van der Waals surface area contributed by atoms with Crippen molar-refractivity contribution in [2.45, 2.75) is 26.3 Å². The Labute approximate surface area is 126 Å². The van der Waals surface area contributed by atoms with E-state index in [0.29, 0.717) is 0 Å². The summed E-state index contributed by atoms with van der Waals surface area (Å²) in [6, 6.07) is 18.1. The molecular formula is C18H22N2O. The SMILES string of the molecule is CCC(NC(=O)CNc1cccc(C)c1)c1ccccc1. The molecule has 2 rings (SSSR count). The van der Waals surface area contributed by atoms with E-state index in [1.165, 1.54) is 5.56 Å². The lowest BCUT2D eigenvalue weighted by atomic mass is 10.0. The van der Waals surface area contributed by atoms with Gasteiger partial charge in [0.1, 0.15) is 0 Å². The maximum atomic E-state index is 12.1. The van der Waals surface area contributed by atoms with Crippen molar-refractivity contribution in [3.8, 4) is 0 Å². The normalized spacial score (nSPS) is 11.7. The molecule has 0 saturated heterocycles. The molecule has 2 aromatic carbocycles. The van der Waals surface area contributed by atoms with E-state index in [0.717, 1.165) is 17.7 Å². The van der Waals surface area contributed by atoms with Gasteiger partial charge in [0.15, 0.2) is 0 Å². The Balaban J connectivity index is 1.89. The number of hydrogen-bond donors (Lipinski definition) is 2. The Hall–Kier alpha value is -2.29. The summed E-state index contributed by atoms with van der Waals surface area (Å²) < 4.78 is 0. The van der Waals surface area contributed by atoms with E-state index in [1.807, 2.05) is 61.5 Å². The molecule has 0 aromatic heterocycles. The van der Waals surface area contributed by atoms with Crippen LogP contribution in [-0.2, 0) is 4.79 Å². The highest BCUT2D eigenvalue weighted by molar-refractivity contribution is 5.81. The number of anilines is 1. The molecule has 3 nitrogen and oxygen atoms in total. The van der Waals surface area contributed by atoms with Gasteiger partial charge in [0.2, 0.25) is 5.91 Å². The molecule has 0 fully saturated rings. The van der Waals surface area contributed by atoms with Gasteiger partial charge in [-0.1, -0.05) is 49.4 Å². The highest BCUT2D eigenvalue weighted by atomic mass is 16.1. The van der Waals surface area contributed by atoms with Crippen LogP contribution in [0.5, 0.6) is 0 Å². The fraction of sp³-hybridized carbons (Fsp3) is 0.278. The van der Waals surface area contributed by atoms with Gasteiger partial charge in [-0.3, -0.25) is 4.79 Å². The molecule has 0 aliphatic heterocycles. The van der Waals surface area contributed by atoms with Crippen LogP contribution >= 0.6 is 0 Å². The van der Waals surface area contributed by atoms with Crippen LogP contribution < -0.4 is 10.6 Å². The summed E-state index contributed by atoms with van der Waals surface area (Å²) in [5.74, 6) is 0.00668. The lowest BCUT2D eigenvalue weighted by molar-refractivity contribution is -0.120. The summed E-state index contributed by atoms with van der Waals surface area (Å²) in [5, 5.41) is 6.22. The van der Waals surface area contributed by atoms with Crippen molar-refractivity contribution in [1.29, 1.82) is 0 Å². The van der Waals surface area contributed by atoms with Crippen LogP contribution in [0.3, 0.4) is 0 Å². The fourth-order valence-electron chi connectivity index (χ4n) is 2.29. The minimum Gasteiger partial charge on any atom is -0.376 e. The Bertz CT molecular complexity index is 581. The van der Waals surface area contributed by atoms with Crippen molar-refractivity contribution >= 4 is 11.6 Å². The predicted molar refractivity (Wildman–Crippen MR) is 87.3 cm³/mol. The molecule has 0 aliphatic rings. The molecule has 1 atom stereocenters. The van der Waals surface area contributed by atoms with Gasteiger partial charge in [-0.25, -0.2) is 0 Å². The molecule has 0 bridgehead atoms. The third kappa shape index (κ3) is 4.63. The van der Waals surface area contributed by atoms with Gasteiger partial charge in [0.05, 0.1) is 12.6 Å². The number of carbonyl (C=O) groups excluding carboxylic acids is 1. The first-order valence-corrected chi connectivity index (χ1v) is 7.34. The molecule has 2 aromatic rings. The van der Waals surface area contributed by atoms with E-state index in [4.69, 9.17) is 0 Å². The molecule has 0 radical (unpaired) electrons. The second kappa shape index (κ2) is 7.48. The van der Waals surface area contributed by atoms with Gasteiger partial charge >= 0.3 is 0 Å². The van der Waals surface area contributed by atoms with Crippen LogP contribution in [0.25, 0.3) is 0 Å². The van der Waals surface area contributed by atoms with Crippen molar-refractivity contribution in [3.63, 3.8) is 0 Å². The number of nitrogens with one attached hydrogen (secondary N) is 2. The van der Waals surface area contributed by atoms with E-state index in [9.17, 15) is 4.79 Å². The van der Waals surface area contributed by atoms with E-state index in [2.05, 4.69) is 17.6 Å². The molecule has 0 saturated carbocycles. The Morgan fingerprint density at radius 2 is 1.86 bits per heavy atom. The molecule has 2 N–H and O–H groups in total. The number of rotatable bonds is 6. The minimum absolute atomic E-state index is 0.00668. The second-order valence-corrected chi connectivity index (χ2v) is 5.16. The van der Waals surface area contributed by atoms with Gasteiger partial charge < -0.3 is 10.6 Å². The highest BCUT2D eigenvalue weighted by Gasteiger charge is 2.11. The first kappa shape index (κ1) is 15.1. The topological polar surface area (TPSA) is 41.1 Å². The molecule has 0 aliphatic carbocycles. The zero-order valence-corrected chi connectivity index (χ0v) is 12.6. The van der Waals surface area contributed by atoms with Gasteiger partial charge in [-0.15, -0.1) is 0 Å². The lowest BCUT2D eigenvalue weighted by Crippen LogP contribution is -2.33. The largest absolute Gasteiger partial charge is 0.376 e. The highest BCUT2D eigenvalue weighted by Crippen LogP contribution is 2.15. The van der Waals surface area contributed by atoms with Crippen LogP contribution in [0.15, 0.2) is 54.6 Å². The van der Waals surface area contributed by atoms with Crippen LogP contribution in [0.1, 0.15) is 30.5 Å². The summed E-state index contributed by atoms with van der Waals surface area (Å²) in [5.41, 5.74) is 3.29. The fourth-order valence-corrected chi connectivity index (χ4v) is 2.29. The smallest absolute Gasteiger partial charge is 0.239 e. The molecule has 0 heterocycles. The summed E-state index contributed by atoms with van der Waals surface area (Å²) >= 11 is 0. The third-order valence-corrected chi connectivity index (χ3v) is 3.42. The molecular weight excluding hydrogens is 260 g/mol. The van der Waals surface area contributed by atoms with Crippen molar-refractivity contribution in [1.82, 2.24) is 5.32 Å². The average molecular weight is 282 g/mol. The standard InChI is InChI=1S/C18H22N2O/c1-3-17(15-9-5-4-6-10-15)20-18(21)13-19-16-11-7-8-14(2)12-16/h4-12,17,19H,3,13H2,1-2H3,(H,20,21). The Morgan fingerprint density at radius 1 is 1.10 bits per heavy atom. The van der Waals surface area contributed by atoms with E-state index < -0.39 is 0 Å². The number of aryl methyl sites for hydroxylation is 1. The quantitative estimate of drug-likeness (QED) is 0.848. The van der Waals surface area contributed by atoms with E-state index >= 15 is 0 Å². The summed E-state index contributed by atoms with van der Waals surface area (Å²) in [6.07, 6.45) is 0.875. The molecule has 0 spiro atoms. The maximum Gasteiger partial charge on any atom is 0.239 e. The van der Waals surface area contributed by atoms with Gasteiger partial charge in [0, 0.05) is 5.69 Å². The Morgan fingerprint density at radius 3 is 2.52 bits per heavy atom. The second-order valence-electron chi connectivity index (χ2n) is 5.16. The van der Waals surface area contributed by atoms with E-state index in [1.54, 1.807) is 0 Å². The predicted octanol–water partition coefficient (Wildman–Crippen LogP) is 3.67. The van der Waals surface area contributed by atoms with Crippen molar-refractivity contribution < 1.29 is 4.79 Å². The lowest BCUT2D eigenvalue weighted by Gasteiger charge is -2.18. The maximum absolute atomic E-state index is 12.1. The molecule has 21 heavy (non-hydrogen) atoms. The number of amides is 1. The van der Waals surface area contributed by atoms with E-state index in [-0.39, 0.29) is 18.5 Å². The zero-order chi connectivity index (χ0) is 15.1. The summed E-state index contributed by atoms with van der Waals surface area (Å²) in [7, 11) is 0. The van der Waals surface area contributed by atoms with Crippen molar-refractivity contribution in [2.75, 3.05) is 11.9 Å². The van der Waals surface area contributed by atoms with Gasteiger partial charge in [-0.2, -0.15) is 0 Å². The van der Waals surface area contributed by atoms with Crippen molar-refractivity contribution in [3.05, 3.63) is 65.7 Å². The first-order valence-electron chi connectivity index (χ1n) is 7.34. The number of carbonyl (C=O) groups is 1. The van der Waals surface area contributed by atoms with Gasteiger partial charge in [0.25, 0.3) is 0 Å². The first-order chi connectivity index (χ1) is 10.2. The Kier molecular flexibility index (Phi) is 5.38. The number of hydrogen-bond acceptors (Lipinski definition) is 2. The third-order valence-electron chi connectivity index (χ3n) is 3.42. The zero-order valence-electron chi connectivity index (χ0n) is 12.6. The minimum atomic E-state index is 0.00668. The average Bonchev–Trinajstić information content (AvgIpc) is 2.51. The van der Waals surface area contributed by atoms with Crippen molar-refractivity contribution in [2.24, 2.45) is 0 Å². The molecule has 1 amide bonds. The summed E-state index contributed by atoms with van der Waals surface area (Å²) in [4.78, 5) is 12.1.